The lowest BCUT2D eigenvalue weighted by molar-refractivity contribution is 0.414. The topological polar surface area (TPSA) is 38.3 Å². The number of hydrogen-bond acceptors (Lipinski definition) is 3. The van der Waals surface area contributed by atoms with Gasteiger partial charge in [-0.15, -0.1) is 0 Å². The minimum Gasteiger partial charge on any atom is -0.497 e. The number of nitrogens with one attached hydrogen (secondary N) is 1. The summed E-state index contributed by atoms with van der Waals surface area (Å²) in [5, 5.41) is 3.70. The molecule has 0 amide bonds. The van der Waals surface area contributed by atoms with Gasteiger partial charge in [0.2, 0.25) is 0 Å². The molecular formula is C29H29NO2S. The Balaban J connectivity index is 1.73. The number of benzene rings is 4. The number of ether oxygens (including phenoxy) is 1. The van der Waals surface area contributed by atoms with Crippen LogP contribution in [0.2, 0.25) is 0 Å². The molecule has 0 bridgehead atoms. The van der Waals surface area contributed by atoms with Crippen molar-refractivity contribution in [3.05, 3.63) is 120 Å². The maximum absolute atomic E-state index is 13.6. The molecule has 4 rings (SSSR count). The van der Waals surface area contributed by atoms with Gasteiger partial charge in [0.1, 0.15) is 5.75 Å². The monoisotopic (exact) mass is 455 g/mol. The predicted octanol–water partition coefficient (Wildman–Crippen LogP) is 7.13. The van der Waals surface area contributed by atoms with Crippen molar-refractivity contribution in [2.45, 2.75) is 35.6 Å². The molecule has 0 aliphatic rings. The smallest absolute Gasteiger partial charge is 0.118 e. The molecule has 1 N–H and O–H groups in total. The Kier molecular flexibility index (Phi) is 7.26. The SMILES string of the molecule is COc1ccc([C@H](Nc2ccccc2)[C@@H](C)c2ccccc2S(=O)c2ccc(C)cc2)cc1. The first-order valence-corrected chi connectivity index (χ1v) is 12.2. The Bertz CT molecular complexity index is 1200. The van der Waals surface area contributed by atoms with Crippen molar-refractivity contribution >= 4 is 16.5 Å². The van der Waals surface area contributed by atoms with Crippen molar-refractivity contribution in [2.24, 2.45) is 0 Å². The van der Waals surface area contributed by atoms with Crippen LogP contribution < -0.4 is 10.1 Å². The lowest BCUT2D eigenvalue weighted by Gasteiger charge is -2.28. The quantitative estimate of drug-likeness (QED) is 0.307. The summed E-state index contributed by atoms with van der Waals surface area (Å²) in [7, 11) is 0.415. The van der Waals surface area contributed by atoms with Gasteiger partial charge < -0.3 is 10.1 Å². The lowest BCUT2D eigenvalue weighted by atomic mass is 9.88. The van der Waals surface area contributed by atoms with E-state index in [0.717, 1.165) is 37.9 Å². The zero-order chi connectivity index (χ0) is 23.2. The van der Waals surface area contributed by atoms with E-state index in [-0.39, 0.29) is 12.0 Å². The number of aryl methyl sites for hydroxylation is 1. The Morgan fingerprint density at radius 1 is 0.788 bits per heavy atom. The molecule has 0 aliphatic carbocycles. The van der Waals surface area contributed by atoms with Gasteiger partial charge in [-0.05, 0) is 60.5 Å². The van der Waals surface area contributed by atoms with Gasteiger partial charge in [0, 0.05) is 21.4 Å². The summed E-state index contributed by atoms with van der Waals surface area (Å²) >= 11 is 0. The molecular weight excluding hydrogens is 426 g/mol. The van der Waals surface area contributed by atoms with E-state index >= 15 is 0 Å². The summed E-state index contributed by atoms with van der Waals surface area (Å²) < 4.78 is 18.9. The van der Waals surface area contributed by atoms with Gasteiger partial charge in [0.05, 0.1) is 24.0 Å². The molecule has 0 spiro atoms. The van der Waals surface area contributed by atoms with Gasteiger partial charge in [-0.2, -0.15) is 0 Å². The highest BCUT2D eigenvalue weighted by molar-refractivity contribution is 7.85. The molecule has 0 aliphatic heterocycles. The molecule has 4 aromatic carbocycles. The van der Waals surface area contributed by atoms with Crippen LogP contribution in [0, 0.1) is 6.92 Å². The van der Waals surface area contributed by atoms with Crippen LogP contribution in [0.5, 0.6) is 5.75 Å². The van der Waals surface area contributed by atoms with E-state index in [9.17, 15) is 4.21 Å². The number of hydrogen-bond donors (Lipinski definition) is 1. The van der Waals surface area contributed by atoms with Crippen molar-refractivity contribution in [2.75, 3.05) is 12.4 Å². The van der Waals surface area contributed by atoms with E-state index in [2.05, 4.69) is 42.6 Å². The Hall–Kier alpha value is -3.37. The standard InChI is InChI=1S/C29H29NO2S/c1-21-13-19-26(20-14-21)33(31)28-12-8-7-11-27(28)22(2)29(30-24-9-5-4-6-10-24)23-15-17-25(32-3)18-16-23/h4-20,22,29-30H,1-3H3/t22-,29+,33?/m0/s1. The van der Waals surface area contributed by atoms with Crippen LogP contribution in [0.25, 0.3) is 0 Å². The molecule has 0 fully saturated rings. The first-order chi connectivity index (χ1) is 16.1. The molecule has 3 nitrogen and oxygen atoms in total. The van der Waals surface area contributed by atoms with E-state index in [1.807, 2.05) is 79.7 Å². The molecule has 4 aromatic rings. The maximum Gasteiger partial charge on any atom is 0.118 e. The van der Waals surface area contributed by atoms with Crippen LogP contribution in [0.4, 0.5) is 5.69 Å². The third kappa shape index (κ3) is 5.35. The highest BCUT2D eigenvalue weighted by Gasteiger charge is 2.25. The van der Waals surface area contributed by atoms with Crippen LogP contribution >= 0.6 is 0 Å². The fourth-order valence-corrected chi connectivity index (χ4v) is 5.32. The van der Waals surface area contributed by atoms with Gasteiger partial charge in [0.15, 0.2) is 0 Å². The zero-order valence-corrected chi connectivity index (χ0v) is 20.0. The summed E-state index contributed by atoms with van der Waals surface area (Å²) in [5.74, 6) is 0.884. The Morgan fingerprint density at radius 2 is 1.42 bits per heavy atom. The van der Waals surface area contributed by atoms with Crippen LogP contribution in [-0.2, 0) is 10.8 Å². The highest BCUT2D eigenvalue weighted by Crippen LogP contribution is 2.37. The molecule has 33 heavy (non-hydrogen) atoms. The van der Waals surface area contributed by atoms with Crippen molar-refractivity contribution in [1.29, 1.82) is 0 Å². The van der Waals surface area contributed by atoms with Crippen LogP contribution in [0.3, 0.4) is 0 Å². The van der Waals surface area contributed by atoms with Crippen molar-refractivity contribution in [3.63, 3.8) is 0 Å². The second kappa shape index (κ2) is 10.5. The van der Waals surface area contributed by atoms with E-state index in [0.29, 0.717) is 0 Å². The van der Waals surface area contributed by atoms with E-state index < -0.39 is 10.8 Å². The molecule has 4 heteroatoms. The molecule has 3 atom stereocenters. The van der Waals surface area contributed by atoms with Crippen LogP contribution in [0.15, 0.2) is 113 Å². The highest BCUT2D eigenvalue weighted by atomic mass is 32.2. The lowest BCUT2D eigenvalue weighted by Crippen LogP contribution is -2.19. The molecule has 168 valence electrons. The largest absolute Gasteiger partial charge is 0.497 e. The summed E-state index contributed by atoms with van der Waals surface area (Å²) in [6, 6.07) is 34.3. The number of rotatable bonds is 8. The first kappa shape index (κ1) is 22.8. The maximum atomic E-state index is 13.6. The van der Waals surface area contributed by atoms with E-state index in [1.54, 1.807) is 7.11 Å². The molecule has 0 heterocycles. The molecule has 0 radical (unpaired) electrons. The summed E-state index contributed by atoms with van der Waals surface area (Å²) in [6.45, 7) is 4.23. The molecule has 0 saturated carbocycles. The average molecular weight is 456 g/mol. The summed E-state index contributed by atoms with van der Waals surface area (Å²) in [6.07, 6.45) is 0. The summed E-state index contributed by atoms with van der Waals surface area (Å²) in [5.41, 5.74) is 4.41. The second-order valence-electron chi connectivity index (χ2n) is 8.17. The van der Waals surface area contributed by atoms with Crippen molar-refractivity contribution in [3.8, 4) is 5.75 Å². The van der Waals surface area contributed by atoms with Gasteiger partial charge >= 0.3 is 0 Å². The van der Waals surface area contributed by atoms with Gasteiger partial charge in [-0.3, -0.25) is 0 Å². The van der Waals surface area contributed by atoms with Crippen molar-refractivity contribution < 1.29 is 8.95 Å². The van der Waals surface area contributed by atoms with Gasteiger partial charge in [-0.25, -0.2) is 4.21 Å². The van der Waals surface area contributed by atoms with Gasteiger partial charge in [0.25, 0.3) is 0 Å². The minimum atomic E-state index is -1.26. The normalized spacial score (nSPS) is 13.7. The second-order valence-corrected chi connectivity index (χ2v) is 9.62. The predicted molar refractivity (Wildman–Crippen MR) is 137 cm³/mol. The fraction of sp³-hybridized carbons (Fsp3) is 0.172. The minimum absolute atomic E-state index is 0.0190. The van der Waals surface area contributed by atoms with Crippen molar-refractivity contribution in [1.82, 2.24) is 0 Å². The number of anilines is 1. The fourth-order valence-electron chi connectivity index (χ4n) is 4.02. The third-order valence-electron chi connectivity index (χ3n) is 5.92. The molecule has 0 aromatic heterocycles. The zero-order valence-electron chi connectivity index (χ0n) is 19.2. The van der Waals surface area contributed by atoms with E-state index in [1.165, 1.54) is 0 Å². The number of para-hydroxylation sites is 1. The number of methoxy groups -OCH3 is 1. The van der Waals surface area contributed by atoms with Crippen LogP contribution in [0.1, 0.15) is 35.6 Å². The summed E-state index contributed by atoms with van der Waals surface area (Å²) in [4.78, 5) is 1.67. The molecule has 0 saturated heterocycles. The first-order valence-electron chi connectivity index (χ1n) is 11.1. The van der Waals surface area contributed by atoms with E-state index in [4.69, 9.17) is 4.74 Å². The van der Waals surface area contributed by atoms with Gasteiger partial charge in [-0.1, -0.05) is 73.2 Å². The van der Waals surface area contributed by atoms with Crippen LogP contribution in [-0.4, -0.2) is 11.3 Å². The average Bonchev–Trinajstić information content (AvgIpc) is 2.87. The molecule has 1 unspecified atom stereocenters. The Morgan fingerprint density at radius 3 is 2.09 bits per heavy atom. The Labute approximate surface area is 198 Å². The third-order valence-corrected chi connectivity index (χ3v) is 7.39.